The minimum absolute atomic E-state index is 0. The maximum atomic E-state index is 12.2. The van der Waals surface area contributed by atoms with Gasteiger partial charge in [0, 0.05) is 34.5 Å². The minimum atomic E-state index is -1.17. The van der Waals surface area contributed by atoms with Crippen molar-refractivity contribution in [1.82, 2.24) is 4.09 Å². The molecule has 0 atom stereocenters. The van der Waals surface area contributed by atoms with Crippen molar-refractivity contribution >= 4 is 58.7 Å². The van der Waals surface area contributed by atoms with Crippen LogP contribution in [0.15, 0.2) is 54.6 Å². The third-order valence-electron chi connectivity index (χ3n) is 4.12. The molecule has 28 heavy (non-hydrogen) atoms. The summed E-state index contributed by atoms with van der Waals surface area (Å²) in [6.07, 6.45) is 3.52. The number of nitrogens with two attached hydrogens (primary N) is 1. The molecule has 3 aromatic rings. The van der Waals surface area contributed by atoms with Crippen LogP contribution in [0, 0.1) is 0 Å². The molecule has 0 fully saturated rings. The van der Waals surface area contributed by atoms with Crippen molar-refractivity contribution in [3.63, 3.8) is 0 Å². The summed E-state index contributed by atoms with van der Waals surface area (Å²) in [6, 6.07) is 14.4. The van der Waals surface area contributed by atoms with Crippen molar-refractivity contribution in [2.75, 3.05) is 11.9 Å². The highest BCUT2D eigenvalue weighted by molar-refractivity contribution is 6.23. The van der Waals surface area contributed by atoms with Crippen LogP contribution < -0.4 is 11.1 Å². The summed E-state index contributed by atoms with van der Waals surface area (Å²) in [6.45, 7) is 0.564. The number of nitrogens with zero attached hydrogens (tertiary/aromatic N) is 1. The summed E-state index contributed by atoms with van der Waals surface area (Å²) in [4.78, 5) is 23.8. The number of rotatable bonds is 6. The molecule has 0 aliphatic rings. The lowest BCUT2D eigenvalue weighted by Crippen LogP contribution is -2.08. The first-order chi connectivity index (χ1) is 13.0. The molecule has 0 bridgehead atoms. The Bertz CT molecular complexity index is 1030. The molecule has 0 radical (unpaired) electrons. The number of carbonyl (C=O) groups excluding carboxylic acids is 1. The van der Waals surface area contributed by atoms with Gasteiger partial charge in [-0.3, -0.25) is 4.79 Å². The van der Waals surface area contributed by atoms with Crippen LogP contribution in [-0.2, 0) is 11.2 Å². The molecule has 4 N–H and O–H groups in total. The lowest BCUT2D eigenvalue weighted by atomic mass is 10.1. The van der Waals surface area contributed by atoms with Gasteiger partial charge in [0.05, 0.1) is 5.52 Å². The van der Waals surface area contributed by atoms with Crippen LogP contribution >= 0.6 is 24.2 Å². The van der Waals surface area contributed by atoms with Crippen molar-refractivity contribution in [2.45, 2.75) is 6.42 Å². The molecular formula is C20H19Cl2N3O3. The van der Waals surface area contributed by atoms with Crippen molar-refractivity contribution < 1.29 is 14.7 Å². The van der Waals surface area contributed by atoms with Crippen molar-refractivity contribution in [2.24, 2.45) is 5.73 Å². The van der Waals surface area contributed by atoms with Gasteiger partial charge in [-0.2, -0.15) is 0 Å². The maximum Gasteiger partial charge on any atom is 0.354 e. The topological polar surface area (TPSA) is 97.3 Å². The number of nitrogens with one attached hydrogen (secondary N) is 1. The fourth-order valence-corrected chi connectivity index (χ4v) is 3.17. The molecule has 0 saturated carbocycles. The van der Waals surface area contributed by atoms with Crippen molar-refractivity contribution in [1.29, 1.82) is 0 Å². The maximum absolute atomic E-state index is 12.2. The fourth-order valence-electron chi connectivity index (χ4n) is 2.86. The van der Waals surface area contributed by atoms with Crippen LogP contribution in [-0.4, -0.2) is 27.6 Å². The van der Waals surface area contributed by atoms with Crippen LogP contribution in [0.1, 0.15) is 21.6 Å². The van der Waals surface area contributed by atoms with E-state index in [1.165, 1.54) is 12.2 Å². The number of hydrogen-bond donors (Lipinski definition) is 3. The highest BCUT2D eigenvalue weighted by Gasteiger charge is 2.20. The summed E-state index contributed by atoms with van der Waals surface area (Å²) in [5, 5.41) is 12.9. The van der Waals surface area contributed by atoms with E-state index in [9.17, 15) is 14.7 Å². The Hall–Kier alpha value is -2.80. The second-order valence-corrected chi connectivity index (χ2v) is 6.26. The first-order valence-electron chi connectivity index (χ1n) is 8.32. The molecule has 1 heterocycles. The van der Waals surface area contributed by atoms with Gasteiger partial charge in [-0.05, 0) is 42.8 Å². The highest BCUT2D eigenvalue weighted by atomic mass is 35.5. The van der Waals surface area contributed by atoms with Crippen molar-refractivity contribution in [3.8, 4) is 0 Å². The van der Waals surface area contributed by atoms with Crippen LogP contribution in [0.25, 0.3) is 17.0 Å². The Balaban J connectivity index is 0.00000280. The van der Waals surface area contributed by atoms with Gasteiger partial charge in [0.2, 0.25) is 5.91 Å². The zero-order valence-electron chi connectivity index (χ0n) is 14.8. The van der Waals surface area contributed by atoms with Crippen LogP contribution in [0.5, 0.6) is 0 Å². The summed E-state index contributed by atoms with van der Waals surface area (Å²) in [5.74, 6) is -1.54. The zero-order valence-corrected chi connectivity index (χ0v) is 16.3. The smallest absolute Gasteiger partial charge is 0.354 e. The van der Waals surface area contributed by atoms with E-state index >= 15 is 0 Å². The highest BCUT2D eigenvalue weighted by Crippen LogP contribution is 2.28. The number of carboxylic acids is 1. The predicted octanol–water partition coefficient (Wildman–Crippen LogP) is 3.92. The van der Waals surface area contributed by atoms with Gasteiger partial charge in [0.15, 0.2) is 5.69 Å². The van der Waals surface area contributed by atoms with Gasteiger partial charge in [-0.15, -0.1) is 12.4 Å². The van der Waals surface area contributed by atoms with Gasteiger partial charge in [-0.25, -0.2) is 8.88 Å². The molecule has 8 heteroatoms. The molecule has 146 valence electrons. The van der Waals surface area contributed by atoms with Crippen LogP contribution in [0.4, 0.5) is 5.69 Å². The summed E-state index contributed by atoms with van der Waals surface area (Å²) >= 11 is 6.14. The molecule has 3 rings (SSSR count). The lowest BCUT2D eigenvalue weighted by molar-refractivity contribution is -0.111. The quantitative estimate of drug-likeness (QED) is 0.527. The largest absolute Gasteiger partial charge is 0.477 e. The van der Waals surface area contributed by atoms with E-state index in [1.807, 2.05) is 12.1 Å². The van der Waals surface area contributed by atoms with Crippen molar-refractivity contribution in [3.05, 3.63) is 71.4 Å². The predicted molar refractivity (Wildman–Crippen MR) is 114 cm³/mol. The first-order valence-corrected chi connectivity index (χ1v) is 8.66. The number of carboxylic acid groups (broad SMARTS) is 1. The molecule has 1 aromatic heterocycles. The van der Waals surface area contributed by atoms with E-state index in [4.69, 9.17) is 17.5 Å². The summed E-state index contributed by atoms with van der Waals surface area (Å²) < 4.78 is 1.09. The number of benzene rings is 2. The molecule has 0 aliphatic carbocycles. The average Bonchev–Trinajstić information content (AvgIpc) is 2.94. The van der Waals surface area contributed by atoms with E-state index in [0.717, 1.165) is 16.1 Å². The van der Waals surface area contributed by atoms with E-state index in [2.05, 4.69) is 5.32 Å². The standard InChI is InChI=1S/C20H18ClN3O3.ClH/c21-24-17-4-2-1-3-15(17)16(19(24)20(26)27)9-10-18(25)23-14-7-5-13(6-8-14)11-12-22;/h1-10H,11-12,22H2,(H,23,25)(H,26,27);1H. The van der Waals surface area contributed by atoms with Crippen LogP contribution in [0.2, 0.25) is 0 Å². The molecule has 0 aliphatic heterocycles. The molecule has 0 unspecified atom stereocenters. The Labute approximate surface area is 173 Å². The van der Waals surface area contributed by atoms with Crippen LogP contribution in [0.3, 0.4) is 0 Å². The van der Waals surface area contributed by atoms with Gasteiger partial charge in [-0.1, -0.05) is 30.3 Å². The average molecular weight is 420 g/mol. The first kappa shape index (κ1) is 21.5. The number of halogens is 2. The Morgan fingerprint density at radius 3 is 2.46 bits per heavy atom. The summed E-state index contributed by atoms with van der Waals surface area (Å²) in [5.41, 5.74) is 8.10. The number of amides is 1. The summed E-state index contributed by atoms with van der Waals surface area (Å²) in [7, 11) is 0. The number of aromatic nitrogens is 1. The minimum Gasteiger partial charge on any atom is -0.477 e. The van der Waals surface area contributed by atoms with E-state index < -0.39 is 5.97 Å². The normalized spacial score (nSPS) is 10.8. The second kappa shape index (κ2) is 9.41. The van der Waals surface area contributed by atoms with Gasteiger partial charge >= 0.3 is 5.97 Å². The van der Waals surface area contributed by atoms with E-state index in [-0.39, 0.29) is 24.0 Å². The Morgan fingerprint density at radius 2 is 1.82 bits per heavy atom. The third-order valence-corrected chi connectivity index (χ3v) is 4.47. The molecule has 1 amide bonds. The number of para-hydroxylation sites is 1. The monoisotopic (exact) mass is 419 g/mol. The lowest BCUT2D eigenvalue weighted by Gasteiger charge is -2.04. The molecule has 6 nitrogen and oxygen atoms in total. The second-order valence-electron chi connectivity index (χ2n) is 5.92. The number of hydrogen-bond acceptors (Lipinski definition) is 3. The number of fused-ring (bicyclic) bond motifs is 1. The zero-order chi connectivity index (χ0) is 19.4. The Kier molecular flexibility index (Phi) is 7.23. The van der Waals surface area contributed by atoms with Gasteiger partial charge in [0.25, 0.3) is 0 Å². The third kappa shape index (κ3) is 4.54. The fraction of sp³-hybridized carbons (Fsp3) is 0.100. The van der Waals surface area contributed by atoms with E-state index in [0.29, 0.717) is 28.7 Å². The van der Waals surface area contributed by atoms with E-state index in [1.54, 1.807) is 36.4 Å². The molecule has 0 saturated heterocycles. The number of anilines is 1. The van der Waals surface area contributed by atoms with Gasteiger partial charge < -0.3 is 16.2 Å². The molecule has 0 spiro atoms. The molecular weight excluding hydrogens is 401 g/mol. The Morgan fingerprint density at radius 1 is 1.14 bits per heavy atom. The molecule has 2 aromatic carbocycles. The van der Waals surface area contributed by atoms with Gasteiger partial charge in [0.1, 0.15) is 0 Å². The number of carbonyl (C=O) groups is 2. The number of aromatic carboxylic acids is 1. The SMILES string of the molecule is Cl.NCCc1ccc(NC(=O)C=Cc2c(C(=O)O)n(Cl)c3ccccc23)cc1.